The summed E-state index contributed by atoms with van der Waals surface area (Å²) in [5.74, 6) is 0.918. The fourth-order valence-corrected chi connectivity index (χ4v) is 2.87. The Morgan fingerprint density at radius 1 is 1.04 bits per heavy atom. The Labute approximate surface area is 136 Å². The van der Waals surface area contributed by atoms with Gasteiger partial charge < -0.3 is 9.80 Å². The number of amides is 1. The summed E-state index contributed by atoms with van der Waals surface area (Å²) in [6.45, 7) is 6.92. The van der Waals surface area contributed by atoms with Crippen molar-refractivity contribution in [1.82, 2.24) is 19.9 Å². The molecule has 0 spiro atoms. The molecule has 0 aliphatic carbocycles. The minimum absolute atomic E-state index is 0.00594. The standard InChI is InChI=1S/C17H21N5O/c1-13-5-3-6-15(20-13)17(23)22-10-4-9-21(11-12-22)16-14(2)18-7-8-19-16/h3,5-8H,4,9-12H2,1-2H3. The van der Waals surface area contributed by atoms with Gasteiger partial charge in [0.1, 0.15) is 11.5 Å². The zero-order valence-electron chi connectivity index (χ0n) is 13.6. The molecule has 0 N–H and O–H groups in total. The summed E-state index contributed by atoms with van der Waals surface area (Å²) in [7, 11) is 0. The van der Waals surface area contributed by atoms with E-state index in [1.807, 2.05) is 30.9 Å². The van der Waals surface area contributed by atoms with Gasteiger partial charge in [-0.15, -0.1) is 0 Å². The first-order chi connectivity index (χ1) is 11.1. The summed E-state index contributed by atoms with van der Waals surface area (Å²) in [4.78, 5) is 29.8. The fourth-order valence-electron chi connectivity index (χ4n) is 2.87. The minimum Gasteiger partial charge on any atom is -0.353 e. The van der Waals surface area contributed by atoms with Crippen LogP contribution in [0.3, 0.4) is 0 Å². The molecule has 0 bridgehead atoms. The largest absolute Gasteiger partial charge is 0.353 e. The number of pyridine rings is 1. The third-order valence-electron chi connectivity index (χ3n) is 4.05. The van der Waals surface area contributed by atoms with Crippen molar-refractivity contribution < 1.29 is 4.79 Å². The third-order valence-corrected chi connectivity index (χ3v) is 4.05. The SMILES string of the molecule is Cc1cccc(C(=O)N2CCCN(c3nccnc3C)CC2)n1. The van der Waals surface area contributed by atoms with E-state index in [4.69, 9.17) is 0 Å². The minimum atomic E-state index is 0.00594. The van der Waals surface area contributed by atoms with Crippen LogP contribution in [0.25, 0.3) is 0 Å². The fraction of sp³-hybridized carbons (Fsp3) is 0.412. The van der Waals surface area contributed by atoms with E-state index >= 15 is 0 Å². The molecule has 23 heavy (non-hydrogen) atoms. The van der Waals surface area contributed by atoms with Crippen molar-refractivity contribution in [3.63, 3.8) is 0 Å². The predicted octanol–water partition coefficient (Wildman–Crippen LogP) is 1.84. The van der Waals surface area contributed by atoms with Gasteiger partial charge in [0.05, 0.1) is 5.69 Å². The van der Waals surface area contributed by atoms with E-state index in [1.165, 1.54) is 0 Å². The zero-order chi connectivity index (χ0) is 16.2. The molecule has 120 valence electrons. The molecule has 0 saturated carbocycles. The molecule has 2 aromatic rings. The smallest absolute Gasteiger partial charge is 0.272 e. The van der Waals surface area contributed by atoms with Gasteiger partial charge in [-0.25, -0.2) is 9.97 Å². The highest BCUT2D eigenvalue weighted by Crippen LogP contribution is 2.17. The van der Waals surface area contributed by atoms with Gasteiger partial charge in [-0.3, -0.25) is 9.78 Å². The molecule has 6 heteroatoms. The van der Waals surface area contributed by atoms with Crippen LogP contribution >= 0.6 is 0 Å². The van der Waals surface area contributed by atoms with E-state index in [2.05, 4.69) is 19.9 Å². The highest BCUT2D eigenvalue weighted by Gasteiger charge is 2.22. The van der Waals surface area contributed by atoms with Crippen LogP contribution in [-0.4, -0.2) is 51.9 Å². The van der Waals surface area contributed by atoms with Crippen molar-refractivity contribution in [2.24, 2.45) is 0 Å². The van der Waals surface area contributed by atoms with Gasteiger partial charge in [0.2, 0.25) is 0 Å². The molecule has 2 aromatic heterocycles. The average Bonchev–Trinajstić information content (AvgIpc) is 2.80. The molecule has 3 rings (SSSR count). The van der Waals surface area contributed by atoms with Gasteiger partial charge in [-0.05, 0) is 32.4 Å². The highest BCUT2D eigenvalue weighted by atomic mass is 16.2. The van der Waals surface area contributed by atoms with Crippen LogP contribution in [0.1, 0.15) is 28.3 Å². The summed E-state index contributed by atoms with van der Waals surface area (Å²) in [5, 5.41) is 0. The summed E-state index contributed by atoms with van der Waals surface area (Å²) < 4.78 is 0. The third kappa shape index (κ3) is 3.47. The number of aromatic nitrogens is 3. The van der Waals surface area contributed by atoms with Crippen molar-refractivity contribution >= 4 is 11.7 Å². The van der Waals surface area contributed by atoms with Crippen LogP contribution in [0.15, 0.2) is 30.6 Å². The second kappa shape index (κ2) is 6.73. The lowest BCUT2D eigenvalue weighted by Gasteiger charge is -2.23. The molecule has 0 unspecified atom stereocenters. The normalized spacial score (nSPS) is 15.4. The van der Waals surface area contributed by atoms with Crippen molar-refractivity contribution in [2.75, 3.05) is 31.1 Å². The Kier molecular flexibility index (Phi) is 4.50. The molecular formula is C17H21N5O. The second-order valence-corrected chi connectivity index (χ2v) is 5.76. The first-order valence-electron chi connectivity index (χ1n) is 7.90. The molecule has 6 nitrogen and oxygen atoms in total. The molecular weight excluding hydrogens is 290 g/mol. The lowest BCUT2D eigenvalue weighted by atomic mass is 10.2. The molecule has 0 radical (unpaired) electrons. The van der Waals surface area contributed by atoms with E-state index in [1.54, 1.807) is 18.5 Å². The number of hydrogen-bond donors (Lipinski definition) is 0. The second-order valence-electron chi connectivity index (χ2n) is 5.76. The predicted molar refractivity (Wildman–Crippen MR) is 88.5 cm³/mol. The van der Waals surface area contributed by atoms with Crippen LogP contribution in [0.2, 0.25) is 0 Å². The first kappa shape index (κ1) is 15.4. The topological polar surface area (TPSA) is 62.2 Å². The molecule has 1 aliphatic rings. The van der Waals surface area contributed by atoms with E-state index < -0.39 is 0 Å². The molecule has 0 atom stereocenters. The van der Waals surface area contributed by atoms with Crippen molar-refractivity contribution in [3.8, 4) is 0 Å². The Balaban J connectivity index is 1.71. The van der Waals surface area contributed by atoms with E-state index in [0.717, 1.165) is 43.3 Å². The number of aryl methyl sites for hydroxylation is 2. The summed E-state index contributed by atoms with van der Waals surface area (Å²) in [5.41, 5.74) is 2.31. The Morgan fingerprint density at radius 3 is 2.65 bits per heavy atom. The molecule has 1 aliphatic heterocycles. The maximum Gasteiger partial charge on any atom is 0.272 e. The van der Waals surface area contributed by atoms with Crippen LogP contribution in [0, 0.1) is 13.8 Å². The Hall–Kier alpha value is -2.50. The maximum atomic E-state index is 12.6. The summed E-state index contributed by atoms with van der Waals surface area (Å²) >= 11 is 0. The number of hydrogen-bond acceptors (Lipinski definition) is 5. The van der Waals surface area contributed by atoms with Crippen LogP contribution in [0.5, 0.6) is 0 Å². The van der Waals surface area contributed by atoms with Gasteiger partial charge in [-0.1, -0.05) is 6.07 Å². The monoisotopic (exact) mass is 311 g/mol. The number of rotatable bonds is 2. The molecule has 1 amide bonds. The van der Waals surface area contributed by atoms with Gasteiger partial charge in [-0.2, -0.15) is 0 Å². The van der Waals surface area contributed by atoms with Crippen molar-refractivity contribution in [1.29, 1.82) is 0 Å². The van der Waals surface area contributed by atoms with Gasteiger partial charge in [0, 0.05) is 44.3 Å². The first-order valence-corrected chi connectivity index (χ1v) is 7.90. The molecule has 1 fully saturated rings. The van der Waals surface area contributed by atoms with Crippen LogP contribution in [0.4, 0.5) is 5.82 Å². The number of carbonyl (C=O) groups is 1. The molecule has 3 heterocycles. The Bertz CT molecular complexity index is 703. The van der Waals surface area contributed by atoms with Crippen molar-refractivity contribution in [3.05, 3.63) is 47.7 Å². The number of carbonyl (C=O) groups excluding carboxylic acids is 1. The summed E-state index contributed by atoms with van der Waals surface area (Å²) in [6, 6.07) is 5.56. The molecule has 0 aromatic carbocycles. The van der Waals surface area contributed by atoms with Crippen LogP contribution in [-0.2, 0) is 0 Å². The lowest BCUT2D eigenvalue weighted by Crippen LogP contribution is -2.36. The van der Waals surface area contributed by atoms with E-state index in [9.17, 15) is 4.79 Å². The average molecular weight is 311 g/mol. The van der Waals surface area contributed by atoms with Crippen molar-refractivity contribution in [2.45, 2.75) is 20.3 Å². The Morgan fingerprint density at radius 2 is 1.87 bits per heavy atom. The quantitative estimate of drug-likeness (QED) is 0.847. The lowest BCUT2D eigenvalue weighted by molar-refractivity contribution is 0.0761. The maximum absolute atomic E-state index is 12.6. The van der Waals surface area contributed by atoms with Crippen LogP contribution < -0.4 is 4.90 Å². The van der Waals surface area contributed by atoms with Gasteiger partial charge in [0.25, 0.3) is 5.91 Å². The van der Waals surface area contributed by atoms with E-state index in [0.29, 0.717) is 12.2 Å². The molecule has 1 saturated heterocycles. The zero-order valence-corrected chi connectivity index (χ0v) is 13.6. The number of anilines is 1. The summed E-state index contributed by atoms with van der Waals surface area (Å²) in [6.07, 6.45) is 4.33. The van der Waals surface area contributed by atoms with Gasteiger partial charge >= 0.3 is 0 Å². The van der Waals surface area contributed by atoms with E-state index in [-0.39, 0.29) is 5.91 Å². The highest BCUT2D eigenvalue weighted by molar-refractivity contribution is 5.92. The van der Waals surface area contributed by atoms with Gasteiger partial charge in [0.15, 0.2) is 0 Å². The number of nitrogens with zero attached hydrogens (tertiary/aromatic N) is 5.